The van der Waals surface area contributed by atoms with Crippen molar-refractivity contribution in [3.8, 4) is 5.75 Å². The van der Waals surface area contributed by atoms with Crippen LogP contribution in [0.2, 0.25) is 0 Å². The Labute approximate surface area is 124 Å². The Morgan fingerprint density at radius 1 is 1.19 bits per heavy atom. The zero-order chi connectivity index (χ0) is 15.7. The van der Waals surface area contributed by atoms with Gasteiger partial charge in [0, 0.05) is 5.69 Å². The van der Waals surface area contributed by atoms with Gasteiger partial charge in [-0.15, -0.1) is 0 Å². The zero-order valence-corrected chi connectivity index (χ0v) is 13.0. The monoisotopic (exact) mass is 287 g/mol. The van der Waals surface area contributed by atoms with Gasteiger partial charge in [-0.05, 0) is 57.9 Å². The van der Waals surface area contributed by atoms with E-state index in [4.69, 9.17) is 0 Å². The maximum absolute atomic E-state index is 12.1. The van der Waals surface area contributed by atoms with E-state index in [0.717, 1.165) is 22.5 Å². The third-order valence-corrected chi connectivity index (χ3v) is 3.61. The Bertz CT molecular complexity index is 735. The average molecular weight is 287 g/mol. The topological polar surface area (TPSA) is 78.0 Å². The number of aromatic nitrogens is 2. The largest absolute Gasteiger partial charge is 0.508 e. The molecular formula is C16H21N3O2. The summed E-state index contributed by atoms with van der Waals surface area (Å²) < 4.78 is 0. The quantitative estimate of drug-likeness (QED) is 0.759. The maximum atomic E-state index is 12.1. The van der Waals surface area contributed by atoms with Gasteiger partial charge in [0.25, 0.3) is 5.56 Å². The number of phenols is 1. The highest BCUT2D eigenvalue weighted by Crippen LogP contribution is 2.27. The highest BCUT2D eigenvalue weighted by molar-refractivity contribution is 5.57. The number of benzene rings is 1. The molecule has 5 heteroatoms. The molecule has 1 aromatic carbocycles. The average Bonchev–Trinajstić information content (AvgIpc) is 2.34. The first-order valence-corrected chi connectivity index (χ1v) is 6.93. The number of hydrogen-bond acceptors (Lipinski definition) is 4. The summed E-state index contributed by atoms with van der Waals surface area (Å²) >= 11 is 0. The molecule has 0 aliphatic rings. The molecule has 2 aromatic rings. The summed E-state index contributed by atoms with van der Waals surface area (Å²) in [5.41, 5.74) is 3.86. The highest BCUT2D eigenvalue weighted by Gasteiger charge is 2.15. The summed E-state index contributed by atoms with van der Waals surface area (Å²) in [5, 5.41) is 13.0. The van der Waals surface area contributed by atoms with Crippen LogP contribution in [0.25, 0.3) is 0 Å². The van der Waals surface area contributed by atoms with Crippen molar-refractivity contribution in [2.75, 3.05) is 5.32 Å². The molecule has 1 unspecified atom stereocenters. The molecule has 0 radical (unpaired) electrons. The van der Waals surface area contributed by atoms with Crippen LogP contribution in [-0.2, 0) is 0 Å². The summed E-state index contributed by atoms with van der Waals surface area (Å²) in [6.45, 7) is 9.29. The first-order chi connectivity index (χ1) is 9.79. The molecule has 112 valence electrons. The van der Waals surface area contributed by atoms with Gasteiger partial charge in [-0.25, -0.2) is 4.98 Å². The number of hydrogen-bond donors (Lipinski definition) is 3. The molecule has 0 amide bonds. The summed E-state index contributed by atoms with van der Waals surface area (Å²) in [7, 11) is 0. The Balaban J connectivity index is 2.37. The zero-order valence-electron chi connectivity index (χ0n) is 13.0. The number of nitrogens with zero attached hydrogens (tertiary/aromatic N) is 1. The minimum Gasteiger partial charge on any atom is -0.508 e. The summed E-state index contributed by atoms with van der Waals surface area (Å²) in [4.78, 5) is 19.2. The van der Waals surface area contributed by atoms with Gasteiger partial charge in [0.05, 0.1) is 17.3 Å². The molecule has 3 N–H and O–H groups in total. The van der Waals surface area contributed by atoms with Crippen molar-refractivity contribution < 1.29 is 5.11 Å². The second kappa shape index (κ2) is 5.60. The van der Waals surface area contributed by atoms with Gasteiger partial charge >= 0.3 is 0 Å². The van der Waals surface area contributed by atoms with Crippen molar-refractivity contribution in [3.63, 3.8) is 0 Å². The Morgan fingerprint density at radius 3 is 2.48 bits per heavy atom. The standard InChI is InChI=1S/C16H21N3O2/c1-8-7-14(20)9(2)6-13(8)18-11(4)15-10(3)17-12(5)19-16(15)21/h6-7,11,18,20H,1-5H3,(H,17,19,21). The third-order valence-electron chi connectivity index (χ3n) is 3.61. The molecule has 1 atom stereocenters. The molecule has 0 saturated carbocycles. The summed E-state index contributed by atoms with van der Waals surface area (Å²) in [6.07, 6.45) is 0. The fourth-order valence-electron chi connectivity index (χ4n) is 2.51. The number of rotatable bonds is 3. The molecule has 2 rings (SSSR count). The van der Waals surface area contributed by atoms with Crippen molar-refractivity contribution in [1.29, 1.82) is 0 Å². The highest BCUT2D eigenvalue weighted by atomic mass is 16.3. The van der Waals surface area contributed by atoms with Crippen LogP contribution >= 0.6 is 0 Å². The van der Waals surface area contributed by atoms with Crippen molar-refractivity contribution in [2.24, 2.45) is 0 Å². The van der Waals surface area contributed by atoms with Crippen LogP contribution in [-0.4, -0.2) is 15.1 Å². The summed E-state index contributed by atoms with van der Waals surface area (Å²) in [6, 6.07) is 3.42. The van der Waals surface area contributed by atoms with Gasteiger partial charge in [-0.3, -0.25) is 4.79 Å². The van der Waals surface area contributed by atoms with Crippen LogP contribution in [0.4, 0.5) is 5.69 Å². The molecule has 1 heterocycles. The van der Waals surface area contributed by atoms with Gasteiger partial charge in [0.1, 0.15) is 11.6 Å². The van der Waals surface area contributed by atoms with Crippen LogP contribution in [0.5, 0.6) is 5.75 Å². The lowest BCUT2D eigenvalue weighted by Crippen LogP contribution is -2.23. The molecule has 0 aliphatic heterocycles. The van der Waals surface area contributed by atoms with E-state index in [0.29, 0.717) is 11.4 Å². The lowest BCUT2D eigenvalue weighted by molar-refractivity contribution is 0.470. The van der Waals surface area contributed by atoms with Crippen LogP contribution in [0.3, 0.4) is 0 Å². The first kappa shape index (κ1) is 15.1. The lowest BCUT2D eigenvalue weighted by atomic mass is 10.1. The van der Waals surface area contributed by atoms with Crippen LogP contribution in [0, 0.1) is 27.7 Å². The van der Waals surface area contributed by atoms with Crippen LogP contribution in [0.15, 0.2) is 16.9 Å². The first-order valence-electron chi connectivity index (χ1n) is 6.93. The van der Waals surface area contributed by atoms with Crippen molar-refractivity contribution >= 4 is 5.69 Å². The minimum absolute atomic E-state index is 0.117. The predicted octanol–water partition coefficient (Wildman–Crippen LogP) is 2.88. The Morgan fingerprint density at radius 2 is 1.86 bits per heavy atom. The number of phenolic OH excluding ortho intramolecular Hbond substituents is 1. The van der Waals surface area contributed by atoms with Crippen LogP contribution < -0.4 is 10.9 Å². The van der Waals surface area contributed by atoms with E-state index in [1.165, 1.54) is 0 Å². The smallest absolute Gasteiger partial charge is 0.256 e. The molecule has 0 bridgehead atoms. The molecular weight excluding hydrogens is 266 g/mol. The molecule has 0 fully saturated rings. The predicted molar refractivity (Wildman–Crippen MR) is 84.0 cm³/mol. The van der Waals surface area contributed by atoms with Gasteiger partial charge in [0.2, 0.25) is 0 Å². The summed E-state index contributed by atoms with van der Waals surface area (Å²) in [5.74, 6) is 0.891. The van der Waals surface area contributed by atoms with Gasteiger partial charge in [0.15, 0.2) is 0 Å². The lowest BCUT2D eigenvalue weighted by Gasteiger charge is -2.19. The van der Waals surface area contributed by atoms with Gasteiger partial charge < -0.3 is 15.4 Å². The molecule has 0 aliphatic carbocycles. The number of H-pyrrole nitrogens is 1. The fourth-order valence-corrected chi connectivity index (χ4v) is 2.51. The number of aromatic amines is 1. The van der Waals surface area contributed by atoms with Crippen LogP contribution in [0.1, 0.15) is 41.2 Å². The number of aryl methyl sites for hydroxylation is 4. The SMILES string of the molecule is Cc1nc(C)c(C(C)Nc2cc(C)c(O)cc2C)c(=O)[nH]1. The molecule has 1 aromatic heterocycles. The van der Waals surface area contributed by atoms with E-state index in [-0.39, 0.29) is 17.4 Å². The minimum atomic E-state index is -0.176. The fraction of sp³-hybridized carbons (Fsp3) is 0.375. The normalized spacial score (nSPS) is 12.2. The van der Waals surface area contributed by atoms with Gasteiger partial charge in [-0.1, -0.05) is 0 Å². The van der Waals surface area contributed by atoms with Crippen molar-refractivity contribution in [2.45, 2.75) is 40.7 Å². The number of aromatic hydroxyl groups is 1. The van der Waals surface area contributed by atoms with E-state index >= 15 is 0 Å². The molecule has 21 heavy (non-hydrogen) atoms. The van der Waals surface area contributed by atoms with E-state index in [1.807, 2.05) is 33.8 Å². The van der Waals surface area contributed by atoms with Crippen molar-refractivity contribution in [3.05, 3.63) is 50.7 Å². The van der Waals surface area contributed by atoms with E-state index in [9.17, 15) is 9.90 Å². The Kier molecular flexibility index (Phi) is 4.02. The van der Waals surface area contributed by atoms with Crippen molar-refractivity contribution in [1.82, 2.24) is 9.97 Å². The molecule has 0 saturated heterocycles. The molecule has 0 spiro atoms. The Hall–Kier alpha value is -2.30. The van der Waals surface area contributed by atoms with E-state index in [1.54, 1.807) is 13.0 Å². The number of nitrogens with one attached hydrogen (secondary N) is 2. The van der Waals surface area contributed by atoms with E-state index in [2.05, 4.69) is 15.3 Å². The second-order valence-electron chi connectivity index (χ2n) is 5.47. The van der Waals surface area contributed by atoms with Gasteiger partial charge in [-0.2, -0.15) is 0 Å². The van der Waals surface area contributed by atoms with E-state index < -0.39 is 0 Å². The third kappa shape index (κ3) is 3.07. The molecule has 5 nitrogen and oxygen atoms in total. The second-order valence-corrected chi connectivity index (χ2v) is 5.47. The number of anilines is 1. The maximum Gasteiger partial charge on any atom is 0.256 e.